The Hall–Kier alpha value is -2.34. The smallest absolute Gasteiger partial charge is 0.153 e. The summed E-state index contributed by atoms with van der Waals surface area (Å²) in [5, 5.41) is 1.97. The van der Waals surface area contributed by atoms with Gasteiger partial charge >= 0.3 is 0 Å². The van der Waals surface area contributed by atoms with E-state index < -0.39 is 17.3 Å². The molecule has 2 aromatic carbocycles. The number of benzene rings is 2. The summed E-state index contributed by atoms with van der Waals surface area (Å²) in [5.41, 5.74) is 1.99. The lowest BCUT2D eigenvalue weighted by molar-refractivity contribution is 0.348. The van der Waals surface area contributed by atoms with E-state index in [4.69, 9.17) is 0 Å². The molecule has 26 heavy (non-hydrogen) atoms. The lowest BCUT2D eigenvalue weighted by atomic mass is 9.79. The molecule has 132 valence electrons. The molecule has 0 spiro atoms. The second kappa shape index (κ2) is 8.36. The first kappa shape index (κ1) is 18.5. The molecule has 0 saturated heterocycles. The maximum atomic E-state index is 13.8. The number of isothiocyanates is 1. The van der Waals surface area contributed by atoms with Gasteiger partial charge in [-0.15, -0.1) is 0 Å². The molecule has 1 aliphatic rings. The van der Waals surface area contributed by atoms with Crippen LogP contribution in [0.3, 0.4) is 0 Å². The molecule has 0 unspecified atom stereocenters. The van der Waals surface area contributed by atoms with Crippen molar-refractivity contribution in [3.8, 4) is 11.8 Å². The van der Waals surface area contributed by atoms with Crippen molar-refractivity contribution < 1.29 is 8.78 Å². The summed E-state index contributed by atoms with van der Waals surface area (Å²) < 4.78 is 27.6. The summed E-state index contributed by atoms with van der Waals surface area (Å²) in [6.07, 6.45) is 5.04. The van der Waals surface area contributed by atoms with E-state index in [1.807, 2.05) is 17.3 Å². The van der Waals surface area contributed by atoms with Crippen molar-refractivity contribution in [2.24, 2.45) is 10.9 Å². The zero-order chi connectivity index (χ0) is 18.5. The minimum Gasteiger partial charge on any atom is -0.204 e. The summed E-state index contributed by atoms with van der Waals surface area (Å²) >= 11 is 4.39. The molecule has 1 fully saturated rings. The third kappa shape index (κ3) is 4.43. The van der Waals surface area contributed by atoms with Crippen molar-refractivity contribution in [2.45, 2.75) is 38.5 Å². The minimum atomic E-state index is -0.798. The van der Waals surface area contributed by atoms with Crippen LogP contribution in [0, 0.1) is 29.4 Å². The Bertz CT molecular complexity index is 871. The first-order valence-electron chi connectivity index (χ1n) is 8.75. The predicted molar refractivity (Wildman–Crippen MR) is 104 cm³/mol. The highest BCUT2D eigenvalue weighted by Gasteiger charge is 2.19. The zero-order valence-corrected chi connectivity index (χ0v) is 15.4. The molecule has 1 aliphatic carbocycles. The number of nitrogens with zero attached hydrogens (tertiary/aromatic N) is 1. The first-order valence-corrected chi connectivity index (χ1v) is 9.16. The lowest BCUT2D eigenvalue weighted by Gasteiger charge is -2.26. The van der Waals surface area contributed by atoms with Crippen LogP contribution in [0.15, 0.2) is 41.4 Å². The van der Waals surface area contributed by atoms with E-state index in [0.29, 0.717) is 5.92 Å². The van der Waals surface area contributed by atoms with Crippen molar-refractivity contribution in [1.29, 1.82) is 0 Å². The molecule has 0 bridgehead atoms. The Kier molecular flexibility index (Phi) is 5.93. The van der Waals surface area contributed by atoms with Crippen molar-refractivity contribution in [3.63, 3.8) is 0 Å². The fraction of sp³-hybridized carbons (Fsp3) is 0.318. The number of halogens is 2. The summed E-state index contributed by atoms with van der Waals surface area (Å²) in [6.45, 7) is 2.31. The Balaban J connectivity index is 1.75. The van der Waals surface area contributed by atoms with E-state index in [9.17, 15) is 8.78 Å². The van der Waals surface area contributed by atoms with Gasteiger partial charge in [0.1, 0.15) is 5.69 Å². The maximum Gasteiger partial charge on any atom is 0.153 e. The third-order valence-corrected chi connectivity index (χ3v) is 5.01. The predicted octanol–water partition coefficient (Wildman–Crippen LogP) is 6.39. The average molecular weight is 367 g/mol. The molecule has 0 heterocycles. The molecule has 0 aliphatic heterocycles. The molecule has 2 aromatic rings. The van der Waals surface area contributed by atoms with E-state index in [2.05, 4.69) is 48.1 Å². The molecule has 0 radical (unpaired) electrons. The lowest BCUT2D eigenvalue weighted by Crippen LogP contribution is -2.10. The largest absolute Gasteiger partial charge is 0.204 e. The van der Waals surface area contributed by atoms with Gasteiger partial charge in [0, 0.05) is 11.1 Å². The topological polar surface area (TPSA) is 12.4 Å². The highest BCUT2D eigenvalue weighted by atomic mass is 32.1. The van der Waals surface area contributed by atoms with E-state index >= 15 is 0 Å². The van der Waals surface area contributed by atoms with Gasteiger partial charge in [-0.25, -0.2) is 8.78 Å². The normalized spacial score (nSPS) is 19.2. The van der Waals surface area contributed by atoms with Crippen LogP contribution in [0.4, 0.5) is 14.5 Å². The second-order valence-electron chi connectivity index (χ2n) is 6.82. The van der Waals surface area contributed by atoms with E-state index in [-0.39, 0.29) is 5.56 Å². The summed E-state index contributed by atoms with van der Waals surface area (Å²) in [5.74, 6) is 5.62. The van der Waals surface area contributed by atoms with Crippen LogP contribution >= 0.6 is 12.2 Å². The molecule has 1 saturated carbocycles. The van der Waals surface area contributed by atoms with Crippen LogP contribution in [0.25, 0.3) is 0 Å². The van der Waals surface area contributed by atoms with Crippen molar-refractivity contribution in [2.75, 3.05) is 0 Å². The Morgan fingerprint density at radius 2 is 1.50 bits per heavy atom. The molecule has 3 rings (SSSR count). The van der Waals surface area contributed by atoms with Gasteiger partial charge in [-0.2, -0.15) is 4.99 Å². The molecular formula is C22H19F2NS. The average Bonchev–Trinajstić information content (AvgIpc) is 2.64. The van der Waals surface area contributed by atoms with Crippen molar-refractivity contribution in [1.82, 2.24) is 0 Å². The van der Waals surface area contributed by atoms with E-state index in [1.54, 1.807) is 0 Å². The van der Waals surface area contributed by atoms with E-state index in [0.717, 1.165) is 23.6 Å². The molecule has 0 N–H and O–H groups in total. The molecular weight excluding hydrogens is 348 g/mol. The molecule has 0 atom stereocenters. The van der Waals surface area contributed by atoms with Crippen LogP contribution < -0.4 is 0 Å². The van der Waals surface area contributed by atoms with Crippen LogP contribution in [0.2, 0.25) is 0 Å². The van der Waals surface area contributed by atoms with Gasteiger partial charge in [-0.05, 0) is 66.7 Å². The van der Waals surface area contributed by atoms with Gasteiger partial charge in [-0.3, -0.25) is 0 Å². The molecule has 0 amide bonds. The quantitative estimate of drug-likeness (QED) is 0.340. The molecule has 0 aromatic heterocycles. The van der Waals surface area contributed by atoms with Gasteiger partial charge in [0.05, 0.1) is 5.16 Å². The van der Waals surface area contributed by atoms with Gasteiger partial charge in [-0.1, -0.05) is 43.7 Å². The Morgan fingerprint density at radius 1 is 0.923 bits per heavy atom. The zero-order valence-electron chi connectivity index (χ0n) is 14.6. The van der Waals surface area contributed by atoms with Crippen LogP contribution in [-0.4, -0.2) is 5.16 Å². The number of hydrogen-bond acceptors (Lipinski definition) is 2. The summed E-state index contributed by atoms with van der Waals surface area (Å²) in [6, 6.07) is 10.5. The highest BCUT2D eigenvalue weighted by Crippen LogP contribution is 2.35. The number of hydrogen-bond donors (Lipinski definition) is 0. The summed E-state index contributed by atoms with van der Waals surface area (Å²) in [4.78, 5) is 3.39. The Morgan fingerprint density at radius 3 is 2.08 bits per heavy atom. The van der Waals surface area contributed by atoms with Gasteiger partial charge in [0.2, 0.25) is 0 Å². The monoisotopic (exact) mass is 367 g/mol. The second-order valence-corrected chi connectivity index (χ2v) is 7.00. The third-order valence-electron chi connectivity index (χ3n) is 4.92. The molecule has 1 nitrogen and oxygen atoms in total. The summed E-state index contributed by atoms with van der Waals surface area (Å²) in [7, 11) is 0. The SMILES string of the molecule is CC1CCC(c2ccc(C#Cc3cc(F)c(N=C=S)c(F)c3)cc2)CC1. The standard InChI is InChI=1S/C22H19F2NS/c1-15-2-8-18(9-3-15)19-10-6-16(7-11-19)4-5-17-12-20(23)22(25-14-26)21(24)13-17/h6-7,10-13,15,18H,2-3,8-9H2,1H3. The molecule has 4 heteroatoms. The number of thiocarbonyl (C=S) groups is 1. The first-order chi connectivity index (χ1) is 12.6. The van der Waals surface area contributed by atoms with Crippen LogP contribution in [0.1, 0.15) is 55.2 Å². The van der Waals surface area contributed by atoms with E-state index in [1.165, 1.54) is 31.2 Å². The highest BCUT2D eigenvalue weighted by molar-refractivity contribution is 7.78. The van der Waals surface area contributed by atoms with Crippen LogP contribution in [0.5, 0.6) is 0 Å². The fourth-order valence-corrected chi connectivity index (χ4v) is 3.46. The maximum absolute atomic E-state index is 13.8. The minimum absolute atomic E-state index is 0.258. The van der Waals surface area contributed by atoms with Gasteiger partial charge in [0.15, 0.2) is 11.6 Å². The number of rotatable bonds is 2. The Labute approximate surface area is 158 Å². The van der Waals surface area contributed by atoms with Crippen molar-refractivity contribution in [3.05, 3.63) is 64.7 Å². The van der Waals surface area contributed by atoms with Crippen LogP contribution in [-0.2, 0) is 0 Å². The number of aliphatic imine (C=N–C) groups is 1. The fourth-order valence-electron chi connectivity index (χ4n) is 3.37. The van der Waals surface area contributed by atoms with Gasteiger partial charge < -0.3 is 0 Å². The van der Waals surface area contributed by atoms with Gasteiger partial charge in [0.25, 0.3) is 0 Å². The van der Waals surface area contributed by atoms with Crippen molar-refractivity contribution >= 4 is 23.1 Å².